The molecule has 4 heteroatoms. The molecule has 0 aliphatic heterocycles. The Morgan fingerprint density at radius 3 is 2.53 bits per heavy atom. The van der Waals surface area contributed by atoms with Gasteiger partial charge in [0.15, 0.2) is 11.5 Å². The summed E-state index contributed by atoms with van der Waals surface area (Å²) in [5.74, 6) is 1.26. The first-order chi connectivity index (χ1) is 7.26. The summed E-state index contributed by atoms with van der Waals surface area (Å²) < 4.78 is 10.4. The predicted octanol–water partition coefficient (Wildman–Crippen LogP) is 2.23. The van der Waals surface area contributed by atoms with Gasteiger partial charge in [0.05, 0.1) is 19.9 Å². The van der Waals surface area contributed by atoms with E-state index in [0.717, 1.165) is 12.0 Å². The van der Waals surface area contributed by atoms with Crippen LogP contribution in [0.5, 0.6) is 11.5 Å². The number of hydrogen-bond donors (Lipinski definition) is 0. The van der Waals surface area contributed by atoms with Gasteiger partial charge in [-0.3, -0.25) is 0 Å². The first-order valence-electron chi connectivity index (χ1n) is 4.59. The van der Waals surface area contributed by atoms with E-state index in [1.54, 1.807) is 26.4 Å². The topological polar surface area (TPSA) is 47.9 Å². The Balaban J connectivity index is 3.34. The van der Waals surface area contributed by atoms with Gasteiger partial charge in [-0.05, 0) is 18.1 Å². The summed E-state index contributed by atoms with van der Waals surface area (Å²) in [5, 5.41) is 0. The largest absolute Gasteiger partial charge is 0.493 e. The van der Waals surface area contributed by atoms with Crippen LogP contribution in [0.3, 0.4) is 0 Å². The standard InChI is InChI=1S/C11H13NO3/c1-4-8-5-9(12-7-13)6-10(14-2)11(8)15-3/h5-6H,4H2,1-3H3. The van der Waals surface area contributed by atoms with Crippen LogP contribution in [0.2, 0.25) is 0 Å². The predicted molar refractivity (Wildman–Crippen MR) is 56.7 cm³/mol. The molecule has 15 heavy (non-hydrogen) atoms. The number of isocyanates is 1. The van der Waals surface area contributed by atoms with E-state index in [2.05, 4.69) is 4.99 Å². The van der Waals surface area contributed by atoms with E-state index < -0.39 is 0 Å². The van der Waals surface area contributed by atoms with E-state index in [1.165, 1.54) is 6.08 Å². The molecule has 0 heterocycles. The minimum atomic E-state index is 0.527. The van der Waals surface area contributed by atoms with Crippen molar-refractivity contribution in [3.63, 3.8) is 0 Å². The van der Waals surface area contributed by atoms with E-state index in [9.17, 15) is 4.79 Å². The Kier molecular flexibility index (Phi) is 3.89. The first kappa shape index (κ1) is 11.3. The number of benzene rings is 1. The molecule has 0 N–H and O–H groups in total. The summed E-state index contributed by atoms with van der Waals surface area (Å²) in [6.45, 7) is 1.99. The van der Waals surface area contributed by atoms with Crippen molar-refractivity contribution < 1.29 is 14.3 Å². The van der Waals surface area contributed by atoms with Gasteiger partial charge in [0.2, 0.25) is 6.08 Å². The molecule has 1 rings (SSSR count). The zero-order chi connectivity index (χ0) is 11.3. The second kappa shape index (κ2) is 5.17. The molecule has 80 valence electrons. The third-order valence-corrected chi connectivity index (χ3v) is 2.10. The van der Waals surface area contributed by atoms with Crippen molar-refractivity contribution in [3.8, 4) is 11.5 Å². The van der Waals surface area contributed by atoms with Gasteiger partial charge in [0, 0.05) is 6.07 Å². The molecule has 0 radical (unpaired) electrons. The normalized spacial score (nSPS) is 9.27. The van der Waals surface area contributed by atoms with Crippen LogP contribution in [0.1, 0.15) is 12.5 Å². The van der Waals surface area contributed by atoms with Gasteiger partial charge in [-0.25, -0.2) is 4.79 Å². The Morgan fingerprint density at radius 2 is 2.07 bits per heavy atom. The molecule has 0 atom stereocenters. The van der Waals surface area contributed by atoms with Gasteiger partial charge in [-0.1, -0.05) is 6.92 Å². The summed E-state index contributed by atoms with van der Waals surface area (Å²) in [7, 11) is 3.13. The van der Waals surface area contributed by atoms with Gasteiger partial charge < -0.3 is 9.47 Å². The van der Waals surface area contributed by atoms with Crippen molar-refractivity contribution in [1.29, 1.82) is 0 Å². The monoisotopic (exact) mass is 207 g/mol. The minimum Gasteiger partial charge on any atom is -0.493 e. The Bertz CT molecular complexity index is 370. The van der Waals surface area contributed by atoms with Crippen LogP contribution < -0.4 is 9.47 Å². The highest BCUT2D eigenvalue weighted by molar-refractivity contribution is 5.59. The summed E-state index contributed by atoms with van der Waals surface area (Å²) in [5.41, 5.74) is 1.48. The summed E-state index contributed by atoms with van der Waals surface area (Å²) in [6, 6.07) is 3.43. The lowest BCUT2D eigenvalue weighted by Gasteiger charge is -2.12. The van der Waals surface area contributed by atoms with E-state index in [1.807, 2.05) is 6.92 Å². The lowest BCUT2D eigenvalue weighted by atomic mass is 10.1. The molecule has 0 spiro atoms. The van der Waals surface area contributed by atoms with Crippen molar-refractivity contribution in [2.75, 3.05) is 14.2 Å². The van der Waals surface area contributed by atoms with E-state index in [0.29, 0.717) is 17.2 Å². The molecule has 1 aromatic carbocycles. The van der Waals surface area contributed by atoms with Crippen molar-refractivity contribution in [2.24, 2.45) is 4.99 Å². The van der Waals surface area contributed by atoms with E-state index >= 15 is 0 Å². The van der Waals surface area contributed by atoms with Gasteiger partial charge >= 0.3 is 0 Å². The third kappa shape index (κ3) is 2.36. The van der Waals surface area contributed by atoms with Crippen molar-refractivity contribution >= 4 is 11.8 Å². The highest BCUT2D eigenvalue weighted by Crippen LogP contribution is 2.35. The summed E-state index contributed by atoms with van der Waals surface area (Å²) in [6.07, 6.45) is 2.28. The molecule has 0 bridgehead atoms. The Morgan fingerprint density at radius 1 is 1.33 bits per heavy atom. The van der Waals surface area contributed by atoms with Gasteiger partial charge in [-0.15, -0.1) is 0 Å². The van der Waals surface area contributed by atoms with Crippen LogP contribution in [0.25, 0.3) is 0 Å². The van der Waals surface area contributed by atoms with E-state index in [4.69, 9.17) is 9.47 Å². The molecule has 0 amide bonds. The molecule has 4 nitrogen and oxygen atoms in total. The average molecular weight is 207 g/mol. The minimum absolute atomic E-state index is 0.527. The fraction of sp³-hybridized carbons (Fsp3) is 0.364. The van der Waals surface area contributed by atoms with Crippen molar-refractivity contribution in [3.05, 3.63) is 17.7 Å². The van der Waals surface area contributed by atoms with Crippen LogP contribution in [0.4, 0.5) is 5.69 Å². The molecule has 0 saturated carbocycles. The fourth-order valence-corrected chi connectivity index (χ4v) is 1.41. The molecule has 0 fully saturated rings. The zero-order valence-electron chi connectivity index (χ0n) is 9.03. The van der Waals surface area contributed by atoms with Crippen LogP contribution in [0, 0.1) is 0 Å². The number of aliphatic imine (C=N–C) groups is 1. The maximum atomic E-state index is 10.2. The van der Waals surface area contributed by atoms with Crippen LogP contribution in [-0.2, 0) is 11.2 Å². The lowest BCUT2D eigenvalue weighted by molar-refractivity contribution is 0.352. The molecular weight excluding hydrogens is 194 g/mol. The highest BCUT2D eigenvalue weighted by atomic mass is 16.5. The number of rotatable bonds is 4. The van der Waals surface area contributed by atoms with Crippen molar-refractivity contribution in [1.82, 2.24) is 0 Å². The molecule has 0 aliphatic rings. The summed E-state index contributed by atoms with van der Waals surface area (Å²) in [4.78, 5) is 13.7. The van der Waals surface area contributed by atoms with Gasteiger partial charge in [0.25, 0.3) is 0 Å². The average Bonchev–Trinajstić information content (AvgIpc) is 2.28. The van der Waals surface area contributed by atoms with Crippen LogP contribution in [0.15, 0.2) is 17.1 Å². The molecular formula is C11H13NO3. The maximum absolute atomic E-state index is 10.2. The first-order valence-corrected chi connectivity index (χ1v) is 4.59. The zero-order valence-corrected chi connectivity index (χ0v) is 9.03. The summed E-state index contributed by atoms with van der Waals surface area (Å²) >= 11 is 0. The lowest BCUT2D eigenvalue weighted by Crippen LogP contribution is -1.95. The molecule has 1 aromatic rings. The van der Waals surface area contributed by atoms with Crippen LogP contribution >= 0.6 is 0 Å². The smallest absolute Gasteiger partial charge is 0.240 e. The third-order valence-electron chi connectivity index (χ3n) is 2.10. The van der Waals surface area contributed by atoms with Crippen molar-refractivity contribution in [2.45, 2.75) is 13.3 Å². The number of ether oxygens (including phenoxy) is 2. The maximum Gasteiger partial charge on any atom is 0.240 e. The molecule has 0 aliphatic carbocycles. The Hall–Kier alpha value is -1.80. The fourth-order valence-electron chi connectivity index (χ4n) is 1.41. The number of hydrogen-bond acceptors (Lipinski definition) is 4. The number of methoxy groups -OCH3 is 2. The van der Waals surface area contributed by atoms with Gasteiger partial charge in [-0.2, -0.15) is 4.99 Å². The van der Waals surface area contributed by atoms with Gasteiger partial charge in [0.1, 0.15) is 0 Å². The number of carbonyl (C=O) groups excluding carboxylic acids is 1. The van der Waals surface area contributed by atoms with E-state index in [-0.39, 0.29) is 0 Å². The quantitative estimate of drug-likeness (QED) is 0.562. The Labute approximate surface area is 88.5 Å². The second-order valence-electron chi connectivity index (χ2n) is 2.90. The van der Waals surface area contributed by atoms with Crippen LogP contribution in [-0.4, -0.2) is 20.3 Å². The number of nitrogens with zero attached hydrogens (tertiary/aromatic N) is 1. The molecule has 0 saturated heterocycles. The molecule has 0 aromatic heterocycles. The SMILES string of the molecule is CCc1cc(N=C=O)cc(OC)c1OC. The second-order valence-corrected chi connectivity index (χ2v) is 2.90. The molecule has 0 unspecified atom stereocenters. The number of aryl methyl sites for hydroxylation is 1. The highest BCUT2D eigenvalue weighted by Gasteiger charge is 2.10.